The molecule has 6 nitrogen and oxygen atoms in total. The van der Waals surface area contributed by atoms with Gasteiger partial charge in [-0.1, -0.05) is 0 Å². The number of amides is 1. The van der Waals surface area contributed by atoms with Crippen LogP contribution in [0.3, 0.4) is 0 Å². The summed E-state index contributed by atoms with van der Waals surface area (Å²) in [7, 11) is 0. The number of nitrogens with zero attached hydrogens (tertiary/aromatic N) is 2. The number of imidazole rings is 1. The Morgan fingerprint density at radius 2 is 1.79 bits per heavy atom. The first-order chi connectivity index (χ1) is 13.9. The highest BCUT2D eigenvalue weighted by molar-refractivity contribution is 5.91. The Morgan fingerprint density at radius 1 is 1.07 bits per heavy atom. The molecule has 0 aliphatic carbocycles. The molecule has 4 rings (SSSR count). The second kappa shape index (κ2) is 7.50. The van der Waals surface area contributed by atoms with Crippen LogP contribution in [0.25, 0.3) is 11.0 Å². The van der Waals surface area contributed by atoms with Crippen LogP contribution in [0.5, 0.6) is 0 Å². The minimum atomic E-state index is -4.48. The number of aryl methyl sites for hydroxylation is 1. The minimum Gasteiger partial charge on any atom is -0.469 e. The number of anilines is 1. The molecule has 0 saturated carbocycles. The van der Waals surface area contributed by atoms with Gasteiger partial charge in [-0.3, -0.25) is 10.1 Å². The maximum absolute atomic E-state index is 13.0. The second-order valence-corrected chi connectivity index (χ2v) is 6.43. The molecule has 3 aromatic heterocycles. The topological polar surface area (TPSA) is 73.2 Å². The van der Waals surface area contributed by atoms with E-state index in [-0.39, 0.29) is 30.3 Å². The van der Waals surface area contributed by atoms with Crippen LogP contribution in [0.15, 0.2) is 63.8 Å². The fourth-order valence-corrected chi connectivity index (χ4v) is 3.00. The van der Waals surface area contributed by atoms with Crippen molar-refractivity contribution in [1.29, 1.82) is 0 Å². The number of furan rings is 2. The maximum Gasteiger partial charge on any atom is 0.416 e. The van der Waals surface area contributed by atoms with Gasteiger partial charge < -0.3 is 13.4 Å². The summed E-state index contributed by atoms with van der Waals surface area (Å²) in [5.41, 5.74) is -0.216. The van der Waals surface area contributed by atoms with Gasteiger partial charge in [0.25, 0.3) is 0 Å². The summed E-state index contributed by atoms with van der Waals surface area (Å²) in [4.78, 5) is 16.6. The van der Waals surface area contributed by atoms with Crippen LogP contribution in [-0.4, -0.2) is 15.5 Å². The van der Waals surface area contributed by atoms with Crippen LogP contribution in [0.1, 0.15) is 23.5 Å². The molecule has 1 amide bonds. The molecule has 0 radical (unpaired) electrons. The molecule has 0 fully saturated rings. The Labute approximate surface area is 162 Å². The number of carbonyl (C=O) groups is 1. The van der Waals surface area contributed by atoms with Gasteiger partial charge in [0.05, 0.1) is 35.7 Å². The van der Waals surface area contributed by atoms with Crippen molar-refractivity contribution in [2.24, 2.45) is 0 Å². The standard InChI is InChI=1S/C20H16F3N3O3/c21-20(22,23)13-5-7-17-16(11-13)24-19(26(17)12-15-4-2-10-29-15)25-18(27)8-6-14-3-1-9-28-14/h1-5,7,9-11H,6,8,12H2,(H,24,25,27). The van der Waals surface area contributed by atoms with E-state index in [1.54, 1.807) is 28.8 Å². The number of hydrogen-bond acceptors (Lipinski definition) is 4. The Balaban J connectivity index is 1.63. The largest absolute Gasteiger partial charge is 0.469 e. The number of hydrogen-bond donors (Lipinski definition) is 1. The average molecular weight is 403 g/mol. The van der Waals surface area contributed by atoms with E-state index in [1.165, 1.54) is 18.6 Å². The maximum atomic E-state index is 13.0. The van der Waals surface area contributed by atoms with Gasteiger partial charge in [0, 0.05) is 12.8 Å². The van der Waals surface area contributed by atoms with Crippen LogP contribution in [0.4, 0.5) is 19.1 Å². The van der Waals surface area contributed by atoms with Crippen LogP contribution in [0, 0.1) is 0 Å². The number of nitrogens with one attached hydrogen (secondary N) is 1. The second-order valence-electron chi connectivity index (χ2n) is 6.43. The first-order valence-electron chi connectivity index (χ1n) is 8.82. The summed E-state index contributed by atoms with van der Waals surface area (Å²) in [6, 6.07) is 10.2. The molecule has 4 aromatic rings. The van der Waals surface area contributed by atoms with E-state index < -0.39 is 11.7 Å². The first-order valence-corrected chi connectivity index (χ1v) is 8.82. The Morgan fingerprint density at radius 3 is 2.45 bits per heavy atom. The number of carbonyl (C=O) groups excluding carboxylic acids is 1. The van der Waals surface area contributed by atoms with E-state index in [9.17, 15) is 18.0 Å². The molecule has 0 aliphatic rings. The lowest BCUT2D eigenvalue weighted by molar-refractivity contribution is -0.137. The van der Waals surface area contributed by atoms with Crippen LogP contribution in [0.2, 0.25) is 0 Å². The van der Waals surface area contributed by atoms with Crippen molar-refractivity contribution < 1.29 is 26.8 Å². The van der Waals surface area contributed by atoms with Crippen molar-refractivity contribution in [3.63, 3.8) is 0 Å². The number of fused-ring (bicyclic) bond motifs is 1. The summed E-state index contributed by atoms with van der Waals surface area (Å²) in [5.74, 6) is 1.07. The van der Waals surface area contributed by atoms with Gasteiger partial charge in [-0.25, -0.2) is 4.98 Å². The molecular formula is C20H16F3N3O3. The predicted octanol–water partition coefficient (Wildman–Crippen LogP) is 4.86. The monoisotopic (exact) mass is 403 g/mol. The van der Waals surface area contributed by atoms with Gasteiger partial charge in [0.2, 0.25) is 11.9 Å². The highest BCUT2D eigenvalue weighted by Gasteiger charge is 2.31. The van der Waals surface area contributed by atoms with Crippen molar-refractivity contribution in [2.75, 3.05) is 5.32 Å². The SMILES string of the molecule is O=C(CCc1ccco1)Nc1nc2cc(C(F)(F)F)ccc2n1Cc1ccco1. The molecule has 29 heavy (non-hydrogen) atoms. The third kappa shape index (κ3) is 4.18. The fourth-order valence-electron chi connectivity index (χ4n) is 3.00. The molecule has 3 heterocycles. The number of rotatable bonds is 6. The lowest BCUT2D eigenvalue weighted by Gasteiger charge is -2.09. The van der Waals surface area contributed by atoms with Crippen molar-refractivity contribution in [1.82, 2.24) is 9.55 Å². The van der Waals surface area contributed by atoms with Crippen molar-refractivity contribution in [3.8, 4) is 0 Å². The zero-order chi connectivity index (χ0) is 20.4. The van der Waals surface area contributed by atoms with E-state index in [4.69, 9.17) is 8.83 Å². The molecule has 0 unspecified atom stereocenters. The van der Waals surface area contributed by atoms with Gasteiger partial charge >= 0.3 is 6.18 Å². The van der Waals surface area contributed by atoms with Gasteiger partial charge in [-0.05, 0) is 42.5 Å². The third-order valence-corrected chi connectivity index (χ3v) is 4.40. The molecule has 9 heteroatoms. The zero-order valence-electron chi connectivity index (χ0n) is 15.1. The Bertz CT molecular complexity index is 1110. The van der Waals surface area contributed by atoms with Gasteiger partial charge in [0.1, 0.15) is 11.5 Å². The Kier molecular flexibility index (Phi) is 4.87. The van der Waals surface area contributed by atoms with Gasteiger partial charge in [-0.15, -0.1) is 0 Å². The van der Waals surface area contributed by atoms with Crippen LogP contribution < -0.4 is 5.32 Å². The number of alkyl halides is 3. The van der Waals surface area contributed by atoms with Gasteiger partial charge in [0.15, 0.2) is 0 Å². The first kappa shape index (κ1) is 18.9. The van der Waals surface area contributed by atoms with E-state index in [2.05, 4.69) is 10.3 Å². The molecule has 0 aliphatic heterocycles. The van der Waals surface area contributed by atoms with Gasteiger partial charge in [-0.2, -0.15) is 13.2 Å². The molecule has 0 spiro atoms. The number of benzene rings is 1. The molecule has 0 saturated heterocycles. The lowest BCUT2D eigenvalue weighted by Crippen LogP contribution is -2.16. The highest BCUT2D eigenvalue weighted by Crippen LogP contribution is 2.32. The minimum absolute atomic E-state index is 0.132. The summed E-state index contributed by atoms with van der Waals surface area (Å²) in [6.07, 6.45) is -0.918. The number of halogens is 3. The smallest absolute Gasteiger partial charge is 0.416 e. The lowest BCUT2D eigenvalue weighted by atomic mass is 10.2. The van der Waals surface area contributed by atoms with Crippen molar-refractivity contribution >= 4 is 22.9 Å². The normalized spacial score (nSPS) is 11.8. The van der Waals surface area contributed by atoms with E-state index in [0.29, 0.717) is 23.5 Å². The summed E-state index contributed by atoms with van der Waals surface area (Å²) >= 11 is 0. The third-order valence-electron chi connectivity index (χ3n) is 4.40. The van der Waals surface area contributed by atoms with E-state index in [0.717, 1.165) is 12.1 Å². The van der Waals surface area contributed by atoms with Crippen molar-refractivity contribution in [3.05, 3.63) is 72.1 Å². The molecular weight excluding hydrogens is 387 g/mol. The highest BCUT2D eigenvalue weighted by atomic mass is 19.4. The average Bonchev–Trinajstić information content (AvgIpc) is 3.41. The summed E-state index contributed by atoms with van der Waals surface area (Å²) < 4.78 is 51.3. The quantitative estimate of drug-likeness (QED) is 0.499. The number of aromatic nitrogens is 2. The Hall–Kier alpha value is -3.49. The van der Waals surface area contributed by atoms with Crippen molar-refractivity contribution in [2.45, 2.75) is 25.6 Å². The fraction of sp³-hybridized carbons (Fsp3) is 0.200. The summed E-state index contributed by atoms with van der Waals surface area (Å²) in [6.45, 7) is 0.211. The van der Waals surface area contributed by atoms with E-state index in [1.807, 2.05) is 0 Å². The molecule has 0 bridgehead atoms. The predicted molar refractivity (Wildman–Crippen MR) is 98.2 cm³/mol. The van der Waals surface area contributed by atoms with Crippen LogP contribution >= 0.6 is 0 Å². The van der Waals surface area contributed by atoms with E-state index >= 15 is 0 Å². The molecule has 0 atom stereocenters. The molecule has 150 valence electrons. The molecule has 1 N–H and O–H groups in total. The van der Waals surface area contributed by atoms with Crippen LogP contribution in [-0.2, 0) is 23.9 Å². The molecule has 1 aromatic carbocycles. The summed E-state index contributed by atoms with van der Waals surface area (Å²) in [5, 5.41) is 2.68. The zero-order valence-corrected chi connectivity index (χ0v) is 15.1.